The van der Waals surface area contributed by atoms with E-state index in [4.69, 9.17) is 0 Å². The van der Waals surface area contributed by atoms with Crippen LogP contribution in [0.2, 0.25) is 0 Å². The molecule has 0 radical (unpaired) electrons. The Hall–Kier alpha value is -1.69. The van der Waals surface area contributed by atoms with Crippen LogP contribution in [0.5, 0.6) is 0 Å². The van der Waals surface area contributed by atoms with E-state index in [0.717, 1.165) is 6.54 Å². The number of nitrogens with one attached hydrogen (secondary N) is 1. The van der Waals surface area contributed by atoms with Gasteiger partial charge in [-0.1, -0.05) is 12.8 Å². The Morgan fingerprint density at radius 2 is 2.22 bits per heavy atom. The third-order valence-electron chi connectivity index (χ3n) is 3.50. The Kier molecular flexibility index (Phi) is 3.10. The lowest BCUT2D eigenvalue weighted by molar-refractivity contribution is 0.475. The lowest BCUT2D eigenvalue weighted by Crippen LogP contribution is -2.32. The van der Waals surface area contributed by atoms with Gasteiger partial charge in [0.25, 0.3) is 0 Å². The van der Waals surface area contributed by atoms with Crippen LogP contribution in [0.4, 0.5) is 0 Å². The van der Waals surface area contributed by atoms with Gasteiger partial charge < -0.3 is 5.32 Å². The van der Waals surface area contributed by atoms with Crippen molar-refractivity contribution in [3.05, 3.63) is 29.1 Å². The first-order valence-electron chi connectivity index (χ1n) is 6.47. The van der Waals surface area contributed by atoms with Crippen LogP contribution in [-0.2, 0) is 6.54 Å². The zero-order valence-corrected chi connectivity index (χ0v) is 10.2. The van der Waals surface area contributed by atoms with Crippen molar-refractivity contribution in [1.82, 2.24) is 24.5 Å². The van der Waals surface area contributed by atoms with Crippen molar-refractivity contribution in [3.8, 4) is 0 Å². The van der Waals surface area contributed by atoms with Gasteiger partial charge in [-0.2, -0.15) is 0 Å². The Morgan fingerprint density at radius 1 is 1.39 bits per heavy atom. The van der Waals surface area contributed by atoms with E-state index < -0.39 is 0 Å². The topological polar surface area (TPSA) is 64.2 Å². The lowest BCUT2D eigenvalue weighted by atomic mass is 10.2. The molecule has 0 unspecified atom stereocenters. The molecule has 6 nitrogen and oxygen atoms in total. The molecule has 1 aliphatic carbocycles. The van der Waals surface area contributed by atoms with Crippen molar-refractivity contribution in [2.45, 2.75) is 38.3 Å². The largest absolute Gasteiger partial charge is 0.350 e. The molecule has 2 heterocycles. The van der Waals surface area contributed by atoms with E-state index in [-0.39, 0.29) is 5.69 Å². The highest BCUT2D eigenvalue weighted by Crippen LogP contribution is 2.17. The number of fused-ring (bicyclic) bond motifs is 1. The van der Waals surface area contributed by atoms with Crippen LogP contribution in [0.25, 0.3) is 5.65 Å². The molecule has 0 aromatic carbocycles. The molecule has 2 aromatic heterocycles. The summed E-state index contributed by atoms with van der Waals surface area (Å²) in [7, 11) is 0. The molecule has 1 aliphatic rings. The molecule has 0 bridgehead atoms. The molecule has 0 aliphatic heterocycles. The summed E-state index contributed by atoms with van der Waals surface area (Å²) in [5.41, 5.74) is 0.504. The minimum absolute atomic E-state index is 0.0966. The van der Waals surface area contributed by atoms with Gasteiger partial charge in [0.05, 0.1) is 12.7 Å². The normalized spacial score (nSPS) is 16.7. The van der Waals surface area contributed by atoms with Crippen LogP contribution >= 0.6 is 0 Å². The number of hydrogen-bond acceptors (Lipinski definition) is 4. The van der Waals surface area contributed by atoms with Gasteiger partial charge in [0.1, 0.15) is 0 Å². The SMILES string of the molecule is O=c1n(CCNC2CCCC2)nc2cnccn12. The van der Waals surface area contributed by atoms with Crippen molar-refractivity contribution >= 4 is 5.65 Å². The fourth-order valence-corrected chi connectivity index (χ4v) is 2.53. The van der Waals surface area contributed by atoms with Crippen LogP contribution in [-0.4, -0.2) is 31.8 Å². The summed E-state index contributed by atoms with van der Waals surface area (Å²) >= 11 is 0. The second-order valence-electron chi connectivity index (χ2n) is 4.75. The third kappa shape index (κ3) is 2.15. The minimum atomic E-state index is -0.0966. The fraction of sp³-hybridized carbons (Fsp3) is 0.583. The molecule has 3 rings (SSSR count). The molecule has 96 valence electrons. The van der Waals surface area contributed by atoms with Crippen molar-refractivity contribution < 1.29 is 0 Å². The maximum Gasteiger partial charge on any atom is 0.350 e. The molecule has 0 saturated heterocycles. The number of nitrogens with zero attached hydrogens (tertiary/aromatic N) is 4. The summed E-state index contributed by atoms with van der Waals surface area (Å²) in [6.45, 7) is 1.40. The van der Waals surface area contributed by atoms with Crippen LogP contribution < -0.4 is 11.0 Å². The fourth-order valence-electron chi connectivity index (χ4n) is 2.53. The summed E-state index contributed by atoms with van der Waals surface area (Å²) in [5.74, 6) is 0. The van der Waals surface area contributed by atoms with Gasteiger partial charge in [-0.15, -0.1) is 5.10 Å². The summed E-state index contributed by atoms with van der Waals surface area (Å²) < 4.78 is 3.02. The summed E-state index contributed by atoms with van der Waals surface area (Å²) in [6.07, 6.45) is 9.98. The standard InChI is InChI=1S/C12H17N5O/c18-12-16-7-5-13-9-11(16)15-17(12)8-6-14-10-3-1-2-4-10/h5,7,9-10,14H,1-4,6,8H2. The predicted molar refractivity (Wildman–Crippen MR) is 67.5 cm³/mol. The molecular weight excluding hydrogens is 230 g/mol. The maximum atomic E-state index is 12.0. The number of aromatic nitrogens is 4. The molecule has 1 saturated carbocycles. The van der Waals surface area contributed by atoms with Crippen molar-refractivity contribution in [1.29, 1.82) is 0 Å². The second kappa shape index (κ2) is 4.89. The Balaban J connectivity index is 1.67. The highest BCUT2D eigenvalue weighted by molar-refractivity contribution is 5.31. The Bertz CT molecular complexity index is 581. The van der Waals surface area contributed by atoms with E-state index in [1.165, 1.54) is 34.8 Å². The zero-order valence-electron chi connectivity index (χ0n) is 10.2. The van der Waals surface area contributed by atoms with E-state index >= 15 is 0 Å². The average Bonchev–Trinajstić information content (AvgIpc) is 3.00. The zero-order chi connectivity index (χ0) is 12.4. The van der Waals surface area contributed by atoms with Gasteiger partial charge in [0.15, 0.2) is 5.65 Å². The molecule has 2 aromatic rings. The van der Waals surface area contributed by atoms with E-state index in [1.807, 2.05) is 0 Å². The molecule has 0 atom stereocenters. The number of rotatable bonds is 4. The molecule has 18 heavy (non-hydrogen) atoms. The van der Waals surface area contributed by atoms with Gasteiger partial charge in [0, 0.05) is 25.0 Å². The highest BCUT2D eigenvalue weighted by Gasteiger charge is 2.14. The highest BCUT2D eigenvalue weighted by atomic mass is 16.2. The predicted octanol–water partition coefficient (Wildman–Crippen LogP) is 0.423. The summed E-state index contributed by atoms with van der Waals surface area (Å²) in [5, 5.41) is 7.72. The van der Waals surface area contributed by atoms with Gasteiger partial charge in [-0.3, -0.25) is 4.98 Å². The molecule has 6 heteroatoms. The van der Waals surface area contributed by atoms with E-state index in [0.29, 0.717) is 18.2 Å². The van der Waals surface area contributed by atoms with E-state index in [2.05, 4.69) is 15.4 Å². The molecule has 0 amide bonds. The molecule has 1 fully saturated rings. The lowest BCUT2D eigenvalue weighted by Gasteiger charge is -2.10. The number of hydrogen-bond donors (Lipinski definition) is 1. The monoisotopic (exact) mass is 247 g/mol. The maximum absolute atomic E-state index is 12.0. The average molecular weight is 247 g/mol. The van der Waals surface area contributed by atoms with E-state index in [9.17, 15) is 4.79 Å². The van der Waals surface area contributed by atoms with Gasteiger partial charge in [-0.05, 0) is 12.8 Å². The summed E-state index contributed by atoms with van der Waals surface area (Å²) in [4.78, 5) is 15.9. The van der Waals surface area contributed by atoms with Crippen molar-refractivity contribution in [2.75, 3.05) is 6.54 Å². The Labute approximate surface area is 105 Å². The van der Waals surface area contributed by atoms with Crippen LogP contribution in [0.3, 0.4) is 0 Å². The first-order chi connectivity index (χ1) is 8.84. The molecule has 0 spiro atoms. The van der Waals surface area contributed by atoms with Gasteiger partial charge in [0.2, 0.25) is 0 Å². The first-order valence-corrected chi connectivity index (χ1v) is 6.47. The quantitative estimate of drug-likeness (QED) is 0.850. The third-order valence-corrected chi connectivity index (χ3v) is 3.50. The minimum Gasteiger partial charge on any atom is -0.312 e. The van der Waals surface area contributed by atoms with Crippen LogP contribution in [0, 0.1) is 0 Å². The molecular formula is C12H17N5O. The van der Waals surface area contributed by atoms with Crippen molar-refractivity contribution in [3.63, 3.8) is 0 Å². The van der Waals surface area contributed by atoms with E-state index in [1.54, 1.807) is 18.6 Å². The second-order valence-corrected chi connectivity index (χ2v) is 4.75. The first kappa shape index (κ1) is 11.4. The summed E-state index contributed by atoms with van der Waals surface area (Å²) in [6, 6.07) is 0.624. The van der Waals surface area contributed by atoms with Crippen LogP contribution in [0.1, 0.15) is 25.7 Å². The van der Waals surface area contributed by atoms with Gasteiger partial charge in [-0.25, -0.2) is 13.9 Å². The molecule has 1 N–H and O–H groups in total. The van der Waals surface area contributed by atoms with Crippen LogP contribution in [0.15, 0.2) is 23.4 Å². The van der Waals surface area contributed by atoms with Crippen molar-refractivity contribution in [2.24, 2.45) is 0 Å². The Morgan fingerprint density at radius 3 is 3.00 bits per heavy atom. The smallest absolute Gasteiger partial charge is 0.312 e. The van der Waals surface area contributed by atoms with Gasteiger partial charge >= 0.3 is 5.69 Å².